The maximum atomic E-state index is 13.8. The Labute approximate surface area is 162 Å². The monoisotopic (exact) mass is 380 g/mol. The first kappa shape index (κ1) is 18.2. The van der Waals surface area contributed by atoms with Gasteiger partial charge >= 0.3 is 0 Å². The summed E-state index contributed by atoms with van der Waals surface area (Å²) in [5.74, 6) is 0.525. The summed E-state index contributed by atoms with van der Waals surface area (Å²) in [6.07, 6.45) is 2.22. The highest BCUT2D eigenvalue weighted by atomic mass is 19.1. The van der Waals surface area contributed by atoms with E-state index in [0.29, 0.717) is 29.3 Å². The van der Waals surface area contributed by atoms with Crippen LogP contribution < -0.4 is 10.6 Å². The van der Waals surface area contributed by atoms with Crippen molar-refractivity contribution in [3.63, 3.8) is 0 Å². The van der Waals surface area contributed by atoms with Gasteiger partial charge in [0.2, 0.25) is 17.6 Å². The molecule has 2 heterocycles. The van der Waals surface area contributed by atoms with Crippen molar-refractivity contribution >= 4 is 17.3 Å². The quantitative estimate of drug-likeness (QED) is 0.690. The summed E-state index contributed by atoms with van der Waals surface area (Å²) in [7, 11) is 0. The van der Waals surface area contributed by atoms with E-state index in [2.05, 4.69) is 20.8 Å². The highest BCUT2D eigenvalue weighted by Crippen LogP contribution is 2.28. The van der Waals surface area contributed by atoms with Crippen molar-refractivity contribution in [1.82, 2.24) is 10.1 Å². The van der Waals surface area contributed by atoms with Crippen LogP contribution in [-0.2, 0) is 11.2 Å². The van der Waals surface area contributed by atoms with Gasteiger partial charge in [-0.1, -0.05) is 17.3 Å². The van der Waals surface area contributed by atoms with Crippen LogP contribution in [0.25, 0.3) is 11.4 Å². The maximum absolute atomic E-state index is 13.8. The molecule has 7 heteroatoms. The number of halogens is 1. The highest BCUT2D eigenvalue weighted by molar-refractivity contribution is 5.92. The van der Waals surface area contributed by atoms with E-state index in [-0.39, 0.29) is 17.8 Å². The Hall–Kier alpha value is -3.22. The first-order chi connectivity index (χ1) is 13.5. The van der Waals surface area contributed by atoms with Crippen LogP contribution in [0.3, 0.4) is 0 Å². The molecule has 28 heavy (non-hydrogen) atoms. The Morgan fingerprint density at radius 2 is 2.07 bits per heavy atom. The van der Waals surface area contributed by atoms with Gasteiger partial charge in [0.1, 0.15) is 11.9 Å². The van der Waals surface area contributed by atoms with Crippen molar-refractivity contribution in [2.45, 2.75) is 39.2 Å². The van der Waals surface area contributed by atoms with Crippen LogP contribution in [0.5, 0.6) is 0 Å². The molecule has 0 spiro atoms. The van der Waals surface area contributed by atoms with Crippen LogP contribution >= 0.6 is 0 Å². The average Bonchev–Trinajstić information content (AvgIpc) is 3.09. The van der Waals surface area contributed by atoms with Crippen molar-refractivity contribution in [3.8, 4) is 11.4 Å². The van der Waals surface area contributed by atoms with Crippen molar-refractivity contribution < 1.29 is 13.7 Å². The van der Waals surface area contributed by atoms with E-state index in [4.69, 9.17) is 4.52 Å². The number of aryl methyl sites for hydroxylation is 2. The first-order valence-corrected chi connectivity index (χ1v) is 9.29. The number of nitrogens with one attached hydrogen (secondary N) is 2. The second-order valence-corrected chi connectivity index (χ2v) is 7.06. The summed E-state index contributed by atoms with van der Waals surface area (Å²) in [4.78, 5) is 16.1. The molecule has 0 radical (unpaired) electrons. The molecule has 2 aromatic carbocycles. The van der Waals surface area contributed by atoms with Gasteiger partial charge in [-0.25, -0.2) is 4.39 Å². The maximum Gasteiger partial charge on any atom is 0.249 e. The lowest BCUT2D eigenvalue weighted by molar-refractivity contribution is -0.116. The molecule has 1 aliphatic heterocycles. The third-order valence-corrected chi connectivity index (χ3v) is 4.85. The molecule has 0 saturated heterocycles. The third-order valence-electron chi connectivity index (χ3n) is 4.85. The van der Waals surface area contributed by atoms with Gasteiger partial charge in [0.05, 0.1) is 0 Å². The summed E-state index contributed by atoms with van der Waals surface area (Å²) in [5.41, 5.74) is 4.02. The molecule has 3 aromatic rings. The molecule has 144 valence electrons. The van der Waals surface area contributed by atoms with Gasteiger partial charge in [-0.05, 0) is 62.1 Å². The molecule has 1 unspecified atom stereocenters. The first-order valence-electron chi connectivity index (χ1n) is 9.29. The molecule has 1 aromatic heterocycles. The minimum absolute atomic E-state index is 0.0544. The number of carbonyl (C=O) groups is 1. The van der Waals surface area contributed by atoms with Gasteiger partial charge in [0.15, 0.2) is 0 Å². The predicted octanol–water partition coefficient (Wildman–Crippen LogP) is 4.63. The fourth-order valence-corrected chi connectivity index (χ4v) is 3.24. The molecule has 6 nitrogen and oxygen atoms in total. The Kier molecular flexibility index (Phi) is 4.81. The molecule has 0 fully saturated rings. The molecule has 0 saturated carbocycles. The predicted molar refractivity (Wildman–Crippen MR) is 104 cm³/mol. The number of nitrogens with zero attached hydrogens (tertiary/aromatic N) is 2. The van der Waals surface area contributed by atoms with E-state index in [9.17, 15) is 9.18 Å². The Bertz CT molecular complexity index is 1030. The molecule has 2 N–H and O–H groups in total. The largest absolute Gasteiger partial charge is 0.374 e. The number of carbonyl (C=O) groups excluding carboxylic acids is 1. The molecule has 1 aliphatic rings. The van der Waals surface area contributed by atoms with Gasteiger partial charge in [-0.3, -0.25) is 4.79 Å². The van der Waals surface area contributed by atoms with Crippen LogP contribution in [-0.4, -0.2) is 16.0 Å². The van der Waals surface area contributed by atoms with Gasteiger partial charge in [0.25, 0.3) is 0 Å². The number of rotatable bonds is 4. The number of aromatic nitrogens is 2. The zero-order valence-electron chi connectivity index (χ0n) is 15.8. The fraction of sp³-hybridized carbons (Fsp3) is 0.286. The molecular formula is C21H21FN4O2. The van der Waals surface area contributed by atoms with E-state index >= 15 is 0 Å². The summed E-state index contributed by atoms with van der Waals surface area (Å²) in [5, 5.41) is 10.2. The van der Waals surface area contributed by atoms with Gasteiger partial charge in [-0.2, -0.15) is 4.98 Å². The number of benzene rings is 2. The Morgan fingerprint density at radius 3 is 2.89 bits per heavy atom. The summed E-state index contributed by atoms with van der Waals surface area (Å²) in [6.45, 7) is 3.62. The Morgan fingerprint density at radius 1 is 1.21 bits per heavy atom. The number of anilines is 2. The summed E-state index contributed by atoms with van der Waals surface area (Å²) >= 11 is 0. The second kappa shape index (κ2) is 7.42. The minimum Gasteiger partial charge on any atom is -0.374 e. The van der Waals surface area contributed by atoms with Crippen LogP contribution in [0.4, 0.5) is 15.8 Å². The molecule has 0 aliphatic carbocycles. The minimum atomic E-state index is -0.299. The number of amides is 1. The standard InChI is InChI=1S/C21H21FN4O2/c1-12-6-7-15(11-17(12)22)20-25-21(28-26-20)13(2)23-16-8-9-18-14(10-16)4-3-5-19(27)24-18/h6-11,13,23H,3-5H2,1-2H3,(H,24,27). The smallest absolute Gasteiger partial charge is 0.249 e. The normalized spacial score (nSPS) is 14.8. The van der Waals surface area contributed by atoms with Gasteiger partial charge in [0, 0.05) is 23.4 Å². The molecule has 0 bridgehead atoms. The van der Waals surface area contributed by atoms with Crippen LogP contribution in [0.1, 0.15) is 42.8 Å². The van der Waals surface area contributed by atoms with E-state index in [0.717, 1.165) is 29.8 Å². The molecule has 1 atom stereocenters. The number of hydrogen-bond acceptors (Lipinski definition) is 5. The SMILES string of the molecule is Cc1ccc(-c2noc(C(C)Nc3ccc4c(c3)CCCC(=O)N4)n2)cc1F. The van der Waals surface area contributed by atoms with E-state index in [1.54, 1.807) is 19.1 Å². The number of fused-ring (bicyclic) bond motifs is 1. The highest BCUT2D eigenvalue weighted by Gasteiger charge is 2.18. The van der Waals surface area contributed by atoms with Gasteiger partial charge in [-0.15, -0.1) is 0 Å². The topological polar surface area (TPSA) is 80.0 Å². The van der Waals surface area contributed by atoms with Gasteiger partial charge < -0.3 is 15.2 Å². The number of hydrogen-bond donors (Lipinski definition) is 2. The summed E-state index contributed by atoms with van der Waals surface area (Å²) < 4.78 is 19.2. The van der Waals surface area contributed by atoms with Crippen molar-refractivity contribution in [2.24, 2.45) is 0 Å². The van der Waals surface area contributed by atoms with Crippen molar-refractivity contribution in [1.29, 1.82) is 0 Å². The average molecular weight is 380 g/mol. The lowest BCUT2D eigenvalue weighted by atomic mass is 10.1. The summed E-state index contributed by atoms with van der Waals surface area (Å²) in [6, 6.07) is 10.5. The van der Waals surface area contributed by atoms with E-state index in [1.807, 2.05) is 25.1 Å². The Balaban J connectivity index is 1.50. The second-order valence-electron chi connectivity index (χ2n) is 7.06. The molecule has 4 rings (SSSR count). The lowest BCUT2D eigenvalue weighted by Crippen LogP contribution is -2.10. The zero-order valence-corrected chi connectivity index (χ0v) is 15.8. The van der Waals surface area contributed by atoms with Crippen LogP contribution in [0, 0.1) is 12.7 Å². The zero-order chi connectivity index (χ0) is 19.7. The van der Waals surface area contributed by atoms with E-state index < -0.39 is 0 Å². The van der Waals surface area contributed by atoms with Crippen LogP contribution in [0.15, 0.2) is 40.9 Å². The lowest BCUT2D eigenvalue weighted by Gasteiger charge is -2.14. The molecular weight excluding hydrogens is 359 g/mol. The van der Waals surface area contributed by atoms with Crippen molar-refractivity contribution in [2.75, 3.05) is 10.6 Å². The van der Waals surface area contributed by atoms with E-state index in [1.165, 1.54) is 6.07 Å². The third kappa shape index (κ3) is 3.74. The molecule has 1 amide bonds. The van der Waals surface area contributed by atoms with Crippen LogP contribution in [0.2, 0.25) is 0 Å². The fourth-order valence-electron chi connectivity index (χ4n) is 3.24. The van der Waals surface area contributed by atoms with Crippen molar-refractivity contribution in [3.05, 3.63) is 59.2 Å².